The van der Waals surface area contributed by atoms with Gasteiger partial charge in [-0.2, -0.15) is 0 Å². The van der Waals surface area contributed by atoms with Crippen LogP contribution < -0.4 is 16.2 Å². The Labute approximate surface area is 407 Å². The van der Waals surface area contributed by atoms with E-state index in [1.807, 2.05) is 22.7 Å². The third-order valence-corrected chi connectivity index (χ3v) is 18.9. The number of aromatic nitrogens is 1. The molecule has 8 aromatic carbocycles. The smallest absolute Gasteiger partial charge is 0.198 e. The van der Waals surface area contributed by atoms with Crippen LogP contribution in [0.15, 0.2) is 133 Å². The summed E-state index contributed by atoms with van der Waals surface area (Å²) in [5.41, 5.74) is 21.1. The molecule has 0 unspecified atom stereocenters. The van der Waals surface area contributed by atoms with Crippen LogP contribution in [-0.4, -0.2) is 11.8 Å². The van der Waals surface area contributed by atoms with E-state index in [1.165, 1.54) is 142 Å². The molecule has 0 saturated heterocycles. The van der Waals surface area contributed by atoms with E-state index in [-0.39, 0.29) is 21.7 Å². The van der Waals surface area contributed by atoms with Gasteiger partial charge in [0.05, 0.1) is 5.52 Å². The molecule has 11 aromatic rings. The Kier molecular flexibility index (Phi) is 8.15. The first-order chi connectivity index (χ1) is 32.6. The van der Waals surface area contributed by atoms with E-state index in [4.69, 9.17) is 0 Å². The summed E-state index contributed by atoms with van der Waals surface area (Å²) < 4.78 is 8.00. The fourth-order valence-electron chi connectivity index (χ4n) is 12.8. The molecule has 331 valence electrons. The topological polar surface area (TPSA) is 17.0 Å². The lowest BCUT2D eigenvalue weighted by molar-refractivity contribution is 0.332. The van der Waals surface area contributed by atoms with Gasteiger partial charge in [0.25, 0.3) is 0 Å². The molecule has 1 radical (unpaired) electrons. The second-order valence-electron chi connectivity index (χ2n) is 23.0. The van der Waals surface area contributed by atoms with Crippen LogP contribution in [0, 0.1) is 0 Å². The average molecular weight is 914 g/mol. The van der Waals surface area contributed by atoms with Crippen LogP contribution in [0.5, 0.6) is 0 Å². The first-order valence-electron chi connectivity index (χ1n) is 24.5. The Morgan fingerprint density at radius 2 is 1.18 bits per heavy atom. The molecule has 0 amide bonds. The van der Waals surface area contributed by atoms with E-state index >= 15 is 0 Å². The second-order valence-corrected chi connectivity index (χ2v) is 25.2. The number of thiophene rings is 2. The molecule has 2 nitrogen and oxygen atoms in total. The quantitative estimate of drug-likeness (QED) is 0.175. The maximum atomic E-state index is 4.08. The number of rotatable bonds is 3. The van der Waals surface area contributed by atoms with Crippen molar-refractivity contribution in [2.24, 2.45) is 0 Å². The van der Waals surface area contributed by atoms with E-state index in [1.54, 1.807) is 0 Å². The van der Waals surface area contributed by atoms with E-state index < -0.39 is 0 Å². The number of anilines is 2. The molecule has 68 heavy (non-hydrogen) atoms. The summed E-state index contributed by atoms with van der Waals surface area (Å²) >= 11 is 3.81. The molecule has 3 aromatic heterocycles. The van der Waals surface area contributed by atoms with Gasteiger partial charge in [-0.05, 0) is 140 Å². The van der Waals surface area contributed by atoms with Crippen LogP contribution in [0.1, 0.15) is 103 Å². The van der Waals surface area contributed by atoms with Gasteiger partial charge in [-0.1, -0.05) is 141 Å². The number of fused-ring (bicyclic) bond motifs is 16. The zero-order valence-corrected chi connectivity index (χ0v) is 42.1. The van der Waals surface area contributed by atoms with Gasteiger partial charge in [-0.25, -0.2) is 0 Å². The standard InChI is InChI=1S/C63H54BN2S2/c1-60(2,3)34-22-24-35(25-23-34)65-47-33-53-39(36-16-11-14-20-50(36)68-53)28-41(47)55-54-38-18-10-13-19-43(38)63(8,9)57(54)56-42-29-44-45(62(6,7)27-26-61(44,4)5)31-48(42)66-49-30-40-37-17-12-15-21-51(37)67-52(40)32-46(49)64-58(55)59(56)66/h10-25,28-33,65H,26-27H2,1-9H3. The van der Waals surface area contributed by atoms with Crippen molar-refractivity contribution in [2.45, 2.75) is 96.8 Å². The fraction of sp³-hybridized carbons (Fsp3) is 0.238. The minimum atomic E-state index is -0.271. The second kappa shape index (κ2) is 13.6. The summed E-state index contributed by atoms with van der Waals surface area (Å²) in [5, 5.41) is 12.2. The monoisotopic (exact) mass is 913 g/mol. The SMILES string of the molecule is CC(C)(C)c1ccc(Nc2cc3sc4ccccc4c3cc2-c2c3c(c4c5cc6c(cc5n5c4c2[B]c2cc4sc7ccccc7c4cc2-5)C(C)(C)CCC6(C)C)C(C)(C)c2ccccc2-3)cc1. The highest BCUT2D eigenvalue weighted by Gasteiger charge is 2.44. The summed E-state index contributed by atoms with van der Waals surface area (Å²) in [6.07, 6.45) is 2.35. The fourth-order valence-corrected chi connectivity index (χ4v) is 15.1. The normalized spacial score (nSPS) is 16.4. The maximum Gasteiger partial charge on any atom is 0.198 e. The van der Waals surface area contributed by atoms with Crippen LogP contribution in [0.25, 0.3) is 90.1 Å². The number of nitrogens with zero attached hydrogens (tertiary/aromatic N) is 1. The molecule has 3 aliphatic rings. The van der Waals surface area contributed by atoms with Crippen LogP contribution in [0.4, 0.5) is 11.4 Å². The lowest BCUT2D eigenvalue weighted by atomic mass is 9.57. The highest BCUT2D eigenvalue weighted by molar-refractivity contribution is 7.26. The van der Waals surface area contributed by atoms with Gasteiger partial charge in [0.2, 0.25) is 0 Å². The average Bonchev–Trinajstić information content (AvgIpc) is 4.03. The first kappa shape index (κ1) is 40.9. The van der Waals surface area contributed by atoms with Crippen LogP contribution in [0.2, 0.25) is 0 Å². The van der Waals surface area contributed by atoms with Crippen molar-refractivity contribution in [3.63, 3.8) is 0 Å². The van der Waals surface area contributed by atoms with Gasteiger partial charge >= 0.3 is 0 Å². The summed E-state index contributed by atoms with van der Waals surface area (Å²) in [5.74, 6) is 0. The molecule has 0 saturated carbocycles. The maximum absolute atomic E-state index is 4.08. The van der Waals surface area contributed by atoms with Gasteiger partial charge in [-0.15, -0.1) is 22.7 Å². The zero-order chi connectivity index (χ0) is 46.4. The molecular weight excluding hydrogens is 860 g/mol. The van der Waals surface area contributed by atoms with Crippen LogP contribution in [-0.2, 0) is 21.7 Å². The number of hydrogen-bond donors (Lipinski definition) is 1. The molecule has 0 fully saturated rings. The highest BCUT2D eigenvalue weighted by atomic mass is 32.1. The minimum Gasteiger partial charge on any atom is -0.355 e. The zero-order valence-electron chi connectivity index (χ0n) is 40.5. The minimum absolute atomic E-state index is 0.0583. The van der Waals surface area contributed by atoms with Crippen molar-refractivity contribution in [1.82, 2.24) is 4.57 Å². The van der Waals surface area contributed by atoms with Gasteiger partial charge in [0.15, 0.2) is 7.28 Å². The molecule has 1 N–H and O–H groups in total. The number of benzene rings is 8. The predicted octanol–water partition coefficient (Wildman–Crippen LogP) is 16.9. The van der Waals surface area contributed by atoms with Crippen LogP contribution >= 0.6 is 22.7 Å². The van der Waals surface area contributed by atoms with Gasteiger partial charge in [0, 0.05) is 84.7 Å². The van der Waals surface area contributed by atoms with E-state index in [2.05, 4.69) is 213 Å². The van der Waals surface area contributed by atoms with Crippen molar-refractivity contribution >= 4 is 114 Å². The number of hydrogen-bond acceptors (Lipinski definition) is 3. The Hall–Kier alpha value is -6.14. The van der Waals surface area contributed by atoms with Crippen molar-refractivity contribution < 1.29 is 0 Å². The summed E-state index contributed by atoms with van der Waals surface area (Å²) in [7, 11) is 2.58. The van der Waals surface area contributed by atoms with Gasteiger partial charge in [0.1, 0.15) is 0 Å². The van der Waals surface area contributed by atoms with Crippen molar-refractivity contribution in [2.75, 3.05) is 5.32 Å². The Morgan fingerprint density at radius 1 is 0.559 bits per heavy atom. The van der Waals surface area contributed by atoms with Crippen molar-refractivity contribution in [3.05, 3.63) is 161 Å². The third-order valence-electron chi connectivity index (χ3n) is 16.6. The van der Waals surface area contributed by atoms with Crippen molar-refractivity contribution in [1.29, 1.82) is 0 Å². The molecule has 1 aliphatic heterocycles. The molecule has 5 heteroatoms. The molecule has 0 spiro atoms. The van der Waals surface area contributed by atoms with Gasteiger partial charge in [-0.3, -0.25) is 0 Å². The lowest BCUT2D eigenvalue weighted by Crippen LogP contribution is -2.38. The predicted molar refractivity (Wildman–Crippen MR) is 298 cm³/mol. The summed E-state index contributed by atoms with van der Waals surface area (Å²) in [4.78, 5) is 0. The molecule has 2 aliphatic carbocycles. The van der Waals surface area contributed by atoms with Gasteiger partial charge < -0.3 is 9.88 Å². The van der Waals surface area contributed by atoms with Crippen LogP contribution in [0.3, 0.4) is 0 Å². The third kappa shape index (κ3) is 5.52. The van der Waals surface area contributed by atoms with Crippen molar-refractivity contribution in [3.8, 4) is 27.9 Å². The molecule has 14 rings (SSSR count). The first-order valence-corrected chi connectivity index (χ1v) is 26.2. The number of nitrogens with one attached hydrogen (secondary N) is 1. The van der Waals surface area contributed by atoms with E-state index in [0.717, 1.165) is 11.4 Å². The summed E-state index contributed by atoms with van der Waals surface area (Å²) in [6, 6.07) is 51.7. The lowest BCUT2D eigenvalue weighted by Gasteiger charge is -2.42. The Morgan fingerprint density at radius 3 is 1.87 bits per heavy atom. The largest absolute Gasteiger partial charge is 0.355 e. The summed E-state index contributed by atoms with van der Waals surface area (Å²) in [6.45, 7) is 21.8. The molecule has 4 heterocycles. The highest BCUT2D eigenvalue weighted by Crippen LogP contribution is 2.59. The molecular formula is C63H54BN2S2. The van der Waals surface area contributed by atoms with E-state index in [0.29, 0.717) is 0 Å². The van der Waals surface area contributed by atoms with E-state index in [9.17, 15) is 0 Å². The molecule has 0 atom stereocenters. The Bertz CT molecular complexity index is 4030. The molecule has 0 bridgehead atoms. The Balaban J connectivity index is 1.18.